The number of ketones is 1. The number of Topliss-reactive ketones (excluding diaryl/α,β-unsaturated/α-hetero) is 1. The lowest BCUT2D eigenvalue weighted by molar-refractivity contribution is -0.140. The van der Waals surface area contributed by atoms with Gasteiger partial charge in [-0.2, -0.15) is 4.94 Å². The van der Waals surface area contributed by atoms with Crippen LogP contribution in [0.15, 0.2) is 36.5 Å². The molecule has 1 aliphatic carbocycles. The zero-order valence-corrected chi connectivity index (χ0v) is 14.4. The van der Waals surface area contributed by atoms with E-state index >= 15 is 0 Å². The summed E-state index contributed by atoms with van der Waals surface area (Å²) < 4.78 is 31.6. The summed E-state index contributed by atoms with van der Waals surface area (Å²) in [6, 6.07) is 6.70. The molecule has 0 amide bonds. The Morgan fingerprint density at radius 2 is 2.08 bits per heavy atom. The van der Waals surface area contributed by atoms with Crippen molar-refractivity contribution in [1.82, 2.24) is 4.98 Å². The summed E-state index contributed by atoms with van der Waals surface area (Å²) >= 11 is 0. The van der Waals surface area contributed by atoms with Crippen molar-refractivity contribution in [1.29, 1.82) is 0 Å². The van der Waals surface area contributed by atoms with Gasteiger partial charge >= 0.3 is 0 Å². The monoisotopic (exact) mass is 359 g/mol. The van der Waals surface area contributed by atoms with Gasteiger partial charge in [0.25, 0.3) is 0 Å². The average Bonchev–Trinajstić information content (AvgIpc) is 2.63. The summed E-state index contributed by atoms with van der Waals surface area (Å²) in [6.07, 6.45) is 5.29. The summed E-state index contributed by atoms with van der Waals surface area (Å²) in [5.41, 5.74) is 3.50. The first kappa shape index (κ1) is 18.2. The van der Waals surface area contributed by atoms with Crippen LogP contribution < -0.4 is 0 Å². The minimum Gasteiger partial charge on any atom is -0.491 e. The van der Waals surface area contributed by atoms with Crippen molar-refractivity contribution in [3.05, 3.63) is 59.2 Å². The van der Waals surface area contributed by atoms with Gasteiger partial charge in [-0.25, -0.2) is 4.39 Å². The molecule has 6 heteroatoms. The maximum atomic E-state index is 14.3. The number of carbonyl (C=O) groups excluding carboxylic acids is 1. The summed E-state index contributed by atoms with van der Waals surface area (Å²) in [7, 11) is 0. The topological polar surface area (TPSA) is 48.4 Å². The molecule has 0 atom stereocenters. The minimum atomic E-state index is -0.414. The standard InChI is InChI=1S/C20H19F2NO3/c1-13(24)9-15-6-5-14(11-18(15)21)16-10-17-19(23-12-16)3-2-4-20(17)25-7-8-26-22/h4-6,10-12H,2-3,7-9H2,1H3. The molecular weight excluding hydrogens is 340 g/mol. The van der Waals surface area contributed by atoms with Crippen molar-refractivity contribution in [2.24, 2.45) is 0 Å². The van der Waals surface area contributed by atoms with Crippen LogP contribution in [0.25, 0.3) is 16.9 Å². The van der Waals surface area contributed by atoms with E-state index in [4.69, 9.17) is 4.74 Å². The highest BCUT2D eigenvalue weighted by Crippen LogP contribution is 2.30. The molecule has 0 bridgehead atoms. The van der Waals surface area contributed by atoms with Crippen molar-refractivity contribution in [2.45, 2.75) is 26.2 Å². The Morgan fingerprint density at radius 3 is 2.81 bits per heavy atom. The van der Waals surface area contributed by atoms with Crippen LogP contribution in [0.1, 0.15) is 30.2 Å². The Kier molecular flexibility index (Phi) is 5.73. The average molecular weight is 359 g/mol. The molecule has 0 saturated heterocycles. The lowest BCUT2D eigenvalue weighted by atomic mass is 9.96. The fraction of sp³-hybridized carbons (Fsp3) is 0.300. The maximum Gasteiger partial charge on any atom is 0.134 e. The molecule has 0 fully saturated rings. The van der Waals surface area contributed by atoms with E-state index in [0.717, 1.165) is 29.7 Å². The van der Waals surface area contributed by atoms with Gasteiger partial charge in [-0.1, -0.05) is 12.1 Å². The summed E-state index contributed by atoms with van der Waals surface area (Å²) in [5, 5.41) is 0. The second-order valence-corrected chi connectivity index (χ2v) is 6.17. The van der Waals surface area contributed by atoms with Crippen molar-refractivity contribution >= 4 is 11.5 Å². The highest BCUT2D eigenvalue weighted by Gasteiger charge is 2.17. The molecule has 0 saturated carbocycles. The number of allylic oxidation sites excluding steroid dienone is 1. The van der Waals surface area contributed by atoms with Crippen LogP contribution in [0.3, 0.4) is 0 Å². The van der Waals surface area contributed by atoms with Gasteiger partial charge < -0.3 is 4.74 Å². The third-order valence-electron chi connectivity index (χ3n) is 4.19. The van der Waals surface area contributed by atoms with Crippen LogP contribution in [-0.4, -0.2) is 24.0 Å². The molecule has 4 nitrogen and oxygen atoms in total. The van der Waals surface area contributed by atoms with Gasteiger partial charge in [-0.05, 0) is 53.6 Å². The number of carbonyl (C=O) groups is 1. The number of halogens is 2. The van der Waals surface area contributed by atoms with Crippen molar-refractivity contribution in [2.75, 3.05) is 13.2 Å². The molecule has 1 aliphatic rings. The van der Waals surface area contributed by atoms with Crippen LogP contribution in [-0.2, 0) is 27.3 Å². The minimum absolute atomic E-state index is 0.0753. The van der Waals surface area contributed by atoms with Crippen LogP contribution in [0.2, 0.25) is 0 Å². The van der Waals surface area contributed by atoms with Gasteiger partial charge in [-0.15, -0.1) is 0 Å². The quantitative estimate of drug-likeness (QED) is 0.695. The smallest absolute Gasteiger partial charge is 0.134 e. The van der Waals surface area contributed by atoms with Gasteiger partial charge in [0.05, 0.1) is 5.69 Å². The predicted octanol–water partition coefficient (Wildman–Crippen LogP) is 4.22. The second kappa shape index (κ2) is 8.19. The van der Waals surface area contributed by atoms with Gasteiger partial charge in [0.15, 0.2) is 0 Å². The van der Waals surface area contributed by atoms with Crippen LogP contribution in [0.4, 0.5) is 8.92 Å². The Balaban J connectivity index is 1.88. The Bertz CT molecular complexity index is 849. The number of hydrogen-bond acceptors (Lipinski definition) is 4. The number of benzene rings is 1. The number of aromatic nitrogens is 1. The van der Waals surface area contributed by atoms with E-state index in [-0.39, 0.29) is 25.4 Å². The van der Waals surface area contributed by atoms with Crippen molar-refractivity contribution in [3.63, 3.8) is 0 Å². The third kappa shape index (κ3) is 4.14. The highest BCUT2D eigenvalue weighted by atomic mass is 19.3. The predicted molar refractivity (Wildman–Crippen MR) is 93.3 cm³/mol. The molecule has 1 aromatic carbocycles. The van der Waals surface area contributed by atoms with Gasteiger partial charge in [0.1, 0.15) is 30.6 Å². The van der Waals surface area contributed by atoms with Gasteiger partial charge in [-0.3, -0.25) is 9.78 Å². The van der Waals surface area contributed by atoms with E-state index in [2.05, 4.69) is 9.93 Å². The van der Waals surface area contributed by atoms with E-state index in [1.54, 1.807) is 18.3 Å². The van der Waals surface area contributed by atoms with E-state index < -0.39 is 5.82 Å². The normalized spacial score (nSPS) is 13.1. The number of aryl methyl sites for hydroxylation is 1. The molecule has 0 aliphatic heterocycles. The molecule has 3 rings (SSSR count). The molecule has 0 radical (unpaired) electrons. The lowest BCUT2D eigenvalue weighted by Gasteiger charge is -2.18. The van der Waals surface area contributed by atoms with Crippen LogP contribution in [0, 0.1) is 5.82 Å². The molecule has 0 N–H and O–H groups in total. The van der Waals surface area contributed by atoms with Gasteiger partial charge in [0.2, 0.25) is 0 Å². The van der Waals surface area contributed by atoms with E-state index in [9.17, 15) is 13.7 Å². The first-order chi connectivity index (χ1) is 12.6. The number of ether oxygens (including phenoxy) is 1. The molecule has 1 aromatic heterocycles. The van der Waals surface area contributed by atoms with Crippen molar-refractivity contribution < 1.29 is 23.4 Å². The van der Waals surface area contributed by atoms with E-state index in [1.165, 1.54) is 13.0 Å². The number of rotatable bonds is 7. The molecule has 2 aromatic rings. The van der Waals surface area contributed by atoms with Gasteiger partial charge in [0, 0.05) is 23.7 Å². The van der Waals surface area contributed by atoms with Crippen LogP contribution in [0.5, 0.6) is 0 Å². The second-order valence-electron chi connectivity index (χ2n) is 6.17. The van der Waals surface area contributed by atoms with E-state index in [1.807, 2.05) is 12.1 Å². The van der Waals surface area contributed by atoms with Crippen molar-refractivity contribution in [3.8, 4) is 11.1 Å². The molecule has 1 heterocycles. The summed E-state index contributed by atoms with van der Waals surface area (Å²) in [5.74, 6) is 0.130. The molecular formula is C20H19F2NO3. The van der Waals surface area contributed by atoms with Crippen LogP contribution >= 0.6 is 0 Å². The Morgan fingerprint density at radius 1 is 1.23 bits per heavy atom. The SMILES string of the molecule is CC(=O)Cc1ccc(-c2cnc3c(c2)C(OCCOF)=CCC3)cc1F. The Hall–Kier alpha value is -2.60. The highest BCUT2D eigenvalue weighted by molar-refractivity contribution is 5.78. The largest absolute Gasteiger partial charge is 0.491 e. The van der Waals surface area contributed by atoms with E-state index in [0.29, 0.717) is 16.9 Å². The molecule has 136 valence electrons. The summed E-state index contributed by atoms with van der Waals surface area (Å²) in [4.78, 5) is 19.2. The fourth-order valence-corrected chi connectivity index (χ4v) is 2.97. The maximum absolute atomic E-state index is 14.3. The fourth-order valence-electron chi connectivity index (χ4n) is 2.97. The number of fused-ring (bicyclic) bond motifs is 1. The number of hydrogen-bond donors (Lipinski definition) is 0. The lowest BCUT2D eigenvalue weighted by Crippen LogP contribution is -2.08. The molecule has 0 spiro atoms. The zero-order chi connectivity index (χ0) is 18.5. The Labute approximate surface area is 150 Å². The number of nitrogens with zero attached hydrogens (tertiary/aromatic N) is 1. The first-order valence-electron chi connectivity index (χ1n) is 8.42. The summed E-state index contributed by atoms with van der Waals surface area (Å²) in [6.45, 7) is 1.38. The third-order valence-corrected chi connectivity index (χ3v) is 4.19. The number of pyridine rings is 1. The molecule has 0 unspecified atom stereocenters. The molecule has 26 heavy (non-hydrogen) atoms. The zero-order valence-electron chi connectivity index (χ0n) is 14.4. The first-order valence-corrected chi connectivity index (χ1v) is 8.42.